The molecule has 4 aromatic rings. The first-order valence-corrected chi connectivity index (χ1v) is 12.0. The molecule has 0 aliphatic carbocycles. The largest absolute Gasteiger partial charge is 0.490 e. The normalized spacial score (nSPS) is 14.9. The van der Waals surface area contributed by atoms with Gasteiger partial charge in [-0.2, -0.15) is 0 Å². The molecule has 0 fully saturated rings. The van der Waals surface area contributed by atoms with E-state index in [1.807, 2.05) is 6.92 Å². The van der Waals surface area contributed by atoms with E-state index in [-0.39, 0.29) is 22.3 Å². The van der Waals surface area contributed by atoms with E-state index in [0.29, 0.717) is 50.8 Å². The molecular formula is C25H20ClN3O5S. The minimum Gasteiger partial charge on any atom is -0.490 e. The summed E-state index contributed by atoms with van der Waals surface area (Å²) in [5.41, 5.74) is 0.785. The van der Waals surface area contributed by atoms with E-state index in [9.17, 15) is 9.59 Å². The number of aryl methyl sites for hydroxylation is 1. The van der Waals surface area contributed by atoms with E-state index in [1.165, 1.54) is 16.2 Å². The van der Waals surface area contributed by atoms with Crippen LogP contribution < -0.4 is 19.8 Å². The summed E-state index contributed by atoms with van der Waals surface area (Å²) in [6.45, 7) is 8.03. The fraction of sp³-hybridized carbons (Fsp3) is 0.200. The van der Waals surface area contributed by atoms with Gasteiger partial charge in [-0.1, -0.05) is 41.7 Å². The first-order chi connectivity index (χ1) is 16.9. The fourth-order valence-corrected chi connectivity index (χ4v) is 4.96. The molecule has 0 saturated heterocycles. The summed E-state index contributed by atoms with van der Waals surface area (Å²) in [6, 6.07) is 9.22. The van der Waals surface area contributed by atoms with E-state index >= 15 is 0 Å². The number of hydrogen-bond donors (Lipinski definition) is 0. The Labute approximate surface area is 209 Å². The number of halogens is 1. The zero-order valence-corrected chi connectivity index (χ0v) is 20.5. The Morgan fingerprint density at radius 2 is 2.00 bits per heavy atom. The molecule has 0 saturated carbocycles. The quantitative estimate of drug-likeness (QED) is 0.311. The number of hydrogen-bond acceptors (Lipinski definition) is 8. The maximum Gasteiger partial charge on any atom is 0.297 e. The van der Waals surface area contributed by atoms with Crippen molar-refractivity contribution in [2.45, 2.75) is 19.9 Å². The van der Waals surface area contributed by atoms with Crippen LogP contribution in [0.5, 0.6) is 11.5 Å². The van der Waals surface area contributed by atoms with Crippen molar-refractivity contribution < 1.29 is 18.7 Å². The van der Waals surface area contributed by atoms with Crippen LogP contribution in [0.4, 0.5) is 5.13 Å². The van der Waals surface area contributed by atoms with Gasteiger partial charge in [0, 0.05) is 5.02 Å². The number of carbonyl (C=O) groups excluding carboxylic acids is 1. The molecule has 0 spiro atoms. The van der Waals surface area contributed by atoms with Crippen LogP contribution in [0.3, 0.4) is 0 Å². The highest BCUT2D eigenvalue weighted by atomic mass is 35.5. The highest BCUT2D eigenvalue weighted by molar-refractivity contribution is 7.15. The Balaban J connectivity index is 1.75. The number of rotatable bonds is 7. The number of nitrogens with zero attached hydrogens (tertiary/aromatic N) is 3. The lowest BCUT2D eigenvalue weighted by Crippen LogP contribution is -2.29. The fourth-order valence-electron chi connectivity index (χ4n) is 4.07. The molecule has 2 aromatic heterocycles. The van der Waals surface area contributed by atoms with Crippen LogP contribution in [0.1, 0.15) is 39.7 Å². The SMILES string of the molecule is C=CCOc1ccc(C2c3c(oc4ccc(Cl)cc4c3=O)C(=O)N2c2nnc(C)s2)cc1OCC. The van der Waals surface area contributed by atoms with Gasteiger partial charge in [0.25, 0.3) is 5.91 Å². The Hall–Kier alpha value is -3.69. The average molecular weight is 510 g/mol. The van der Waals surface area contributed by atoms with E-state index in [0.717, 1.165) is 0 Å². The summed E-state index contributed by atoms with van der Waals surface area (Å²) < 4.78 is 17.5. The van der Waals surface area contributed by atoms with Crippen LogP contribution in [0.25, 0.3) is 11.0 Å². The standard InChI is InChI=1S/C25H20ClN3O5S/c1-4-10-33-18-8-6-14(11-19(18)32-5-2)21-20-22(30)16-12-15(26)7-9-17(16)34-23(20)24(31)29(21)25-28-27-13(3)35-25/h4,6-9,11-12,21H,1,5,10H2,2-3H3. The predicted octanol–water partition coefficient (Wildman–Crippen LogP) is 5.32. The molecule has 0 bridgehead atoms. The Bertz CT molecular complexity index is 1530. The average Bonchev–Trinajstić information content (AvgIpc) is 3.39. The minimum absolute atomic E-state index is 0.0346. The van der Waals surface area contributed by atoms with Crippen LogP contribution >= 0.6 is 22.9 Å². The van der Waals surface area contributed by atoms with E-state index in [1.54, 1.807) is 49.4 Å². The molecule has 1 amide bonds. The Morgan fingerprint density at radius 3 is 2.71 bits per heavy atom. The third-order valence-electron chi connectivity index (χ3n) is 5.49. The smallest absolute Gasteiger partial charge is 0.297 e. The maximum atomic E-state index is 13.7. The van der Waals surface area contributed by atoms with Gasteiger partial charge < -0.3 is 13.9 Å². The monoisotopic (exact) mass is 509 g/mol. The molecule has 8 nitrogen and oxygen atoms in total. The van der Waals surface area contributed by atoms with Gasteiger partial charge >= 0.3 is 0 Å². The molecular weight excluding hydrogens is 490 g/mol. The van der Waals surface area contributed by atoms with Gasteiger partial charge in [-0.25, -0.2) is 0 Å². The molecule has 5 rings (SSSR count). The number of fused-ring (bicyclic) bond motifs is 2. The van der Waals surface area contributed by atoms with Crippen molar-refractivity contribution in [2.75, 3.05) is 18.1 Å². The van der Waals surface area contributed by atoms with Crippen LogP contribution in [0, 0.1) is 6.92 Å². The number of anilines is 1. The molecule has 1 atom stereocenters. The molecule has 2 aromatic carbocycles. The number of benzene rings is 2. The summed E-state index contributed by atoms with van der Waals surface area (Å²) in [5.74, 6) is 0.498. The van der Waals surface area contributed by atoms with Gasteiger partial charge in [0.1, 0.15) is 17.2 Å². The molecule has 1 aliphatic rings. The van der Waals surface area contributed by atoms with Crippen molar-refractivity contribution in [2.24, 2.45) is 0 Å². The lowest BCUT2D eigenvalue weighted by molar-refractivity contribution is 0.0970. The zero-order chi connectivity index (χ0) is 24.7. The van der Waals surface area contributed by atoms with Crippen molar-refractivity contribution >= 4 is 44.9 Å². The van der Waals surface area contributed by atoms with Crippen LogP contribution in [0.2, 0.25) is 5.02 Å². The molecule has 10 heteroatoms. The van der Waals surface area contributed by atoms with Gasteiger partial charge in [0.15, 0.2) is 16.9 Å². The summed E-state index contributed by atoms with van der Waals surface area (Å²) in [7, 11) is 0. The van der Waals surface area contributed by atoms with Gasteiger partial charge in [-0.3, -0.25) is 14.5 Å². The van der Waals surface area contributed by atoms with E-state index in [2.05, 4.69) is 16.8 Å². The first kappa shape index (κ1) is 23.1. The molecule has 3 heterocycles. The van der Waals surface area contributed by atoms with Crippen molar-refractivity contribution in [1.29, 1.82) is 0 Å². The third-order valence-corrected chi connectivity index (χ3v) is 6.57. The van der Waals surface area contributed by atoms with Crippen LogP contribution in [0.15, 0.2) is 58.3 Å². The summed E-state index contributed by atoms with van der Waals surface area (Å²) in [6.07, 6.45) is 1.64. The number of aromatic nitrogens is 2. The number of amides is 1. The van der Waals surface area contributed by atoms with Gasteiger partial charge in [-0.05, 0) is 49.7 Å². The van der Waals surface area contributed by atoms with Crippen molar-refractivity contribution in [3.63, 3.8) is 0 Å². The summed E-state index contributed by atoms with van der Waals surface area (Å²) in [5, 5.41) is 9.97. The highest BCUT2D eigenvalue weighted by Crippen LogP contribution is 2.44. The molecule has 0 radical (unpaired) electrons. The summed E-state index contributed by atoms with van der Waals surface area (Å²) >= 11 is 7.40. The molecule has 1 aliphatic heterocycles. The van der Waals surface area contributed by atoms with E-state index in [4.69, 9.17) is 25.5 Å². The second-order valence-corrected chi connectivity index (χ2v) is 9.33. The minimum atomic E-state index is -0.808. The van der Waals surface area contributed by atoms with Crippen molar-refractivity contribution in [3.8, 4) is 11.5 Å². The molecule has 1 unspecified atom stereocenters. The van der Waals surface area contributed by atoms with Crippen LogP contribution in [-0.4, -0.2) is 29.3 Å². The van der Waals surface area contributed by atoms with Crippen molar-refractivity contribution in [1.82, 2.24) is 10.2 Å². The van der Waals surface area contributed by atoms with Crippen LogP contribution in [-0.2, 0) is 0 Å². The highest BCUT2D eigenvalue weighted by Gasteiger charge is 2.45. The molecule has 35 heavy (non-hydrogen) atoms. The molecule has 0 N–H and O–H groups in total. The first-order valence-electron chi connectivity index (χ1n) is 10.8. The van der Waals surface area contributed by atoms with E-state index < -0.39 is 11.9 Å². The lowest BCUT2D eigenvalue weighted by Gasteiger charge is -2.23. The van der Waals surface area contributed by atoms with Gasteiger partial charge in [0.05, 0.1) is 23.6 Å². The molecule has 178 valence electrons. The Morgan fingerprint density at radius 1 is 1.17 bits per heavy atom. The third kappa shape index (κ3) is 3.96. The second-order valence-electron chi connectivity index (χ2n) is 7.73. The lowest BCUT2D eigenvalue weighted by atomic mass is 9.98. The van der Waals surface area contributed by atoms with Crippen molar-refractivity contribution in [3.05, 3.63) is 86.2 Å². The predicted molar refractivity (Wildman–Crippen MR) is 134 cm³/mol. The maximum absolute atomic E-state index is 13.7. The van der Waals surface area contributed by atoms with Gasteiger partial charge in [0.2, 0.25) is 10.9 Å². The number of carbonyl (C=O) groups is 1. The second kappa shape index (κ2) is 9.16. The number of ether oxygens (including phenoxy) is 2. The van der Waals surface area contributed by atoms with Gasteiger partial charge in [-0.15, -0.1) is 10.2 Å². The summed E-state index contributed by atoms with van der Waals surface area (Å²) in [4.78, 5) is 28.8. The topological polar surface area (TPSA) is 94.8 Å². The zero-order valence-electron chi connectivity index (χ0n) is 18.9. The Kier molecular flexibility index (Phi) is 6.04.